The van der Waals surface area contributed by atoms with Crippen LogP contribution in [0.2, 0.25) is 0 Å². The molecule has 0 saturated carbocycles. The Morgan fingerprint density at radius 3 is 2.82 bits per heavy atom. The fraction of sp³-hybridized carbons (Fsp3) is 0.692. The SMILES string of the molecule is Cn1cc(C(F)F)c(CNC(=O)NCCN2CCNCC2)n1. The number of halogens is 2. The zero-order valence-electron chi connectivity index (χ0n) is 12.6. The van der Waals surface area contributed by atoms with Crippen LogP contribution in [-0.2, 0) is 13.6 Å². The number of rotatable bonds is 6. The molecule has 2 heterocycles. The molecule has 2 rings (SSSR count). The summed E-state index contributed by atoms with van der Waals surface area (Å²) in [5.41, 5.74) is 0.0402. The molecular weight excluding hydrogens is 294 g/mol. The van der Waals surface area contributed by atoms with Crippen LogP contribution in [0.5, 0.6) is 0 Å². The lowest BCUT2D eigenvalue weighted by Crippen LogP contribution is -2.47. The number of aryl methyl sites for hydroxylation is 1. The average Bonchev–Trinajstić information content (AvgIpc) is 2.87. The van der Waals surface area contributed by atoms with Crippen molar-refractivity contribution in [3.05, 3.63) is 17.5 Å². The lowest BCUT2D eigenvalue weighted by Gasteiger charge is -2.27. The van der Waals surface area contributed by atoms with E-state index in [1.54, 1.807) is 7.05 Å². The van der Waals surface area contributed by atoms with Gasteiger partial charge in [-0.1, -0.05) is 0 Å². The Hall–Kier alpha value is -1.74. The minimum absolute atomic E-state index is 0.0139. The highest BCUT2D eigenvalue weighted by molar-refractivity contribution is 5.73. The smallest absolute Gasteiger partial charge is 0.315 e. The first-order valence-electron chi connectivity index (χ1n) is 7.31. The van der Waals surface area contributed by atoms with Crippen molar-refractivity contribution in [3.63, 3.8) is 0 Å². The number of piperazine rings is 1. The molecule has 124 valence electrons. The van der Waals surface area contributed by atoms with Crippen molar-refractivity contribution >= 4 is 6.03 Å². The second-order valence-electron chi connectivity index (χ2n) is 5.21. The second kappa shape index (κ2) is 8.04. The molecule has 1 aliphatic rings. The normalized spacial score (nSPS) is 16.0. The van der Waals surface area contributed by atoms with Gasteiger partial charge in [-0.3, -0.25) is 9.58 Å². The number of alkyl halides is 2. The van der Waals surface area contributed by atoms with Crippen LogP contribution in [0.15, 0.2) is 6.20 Å². The third kappa shape index (κ3) is 4.92. The van der Waals surface area contributed by atoms with Crippen LogP contribution in [0.4, 0.5) is 13.6 Å². The standard InChI is InChI=1S/C13H22F2N6O/c1-20-9-10(12(14)15)11(19-20)8-18-13(22)17-4-7-21-5-2-16-3-6-21/h9,12,16H,2-8H2,1H3,(H2,17,18,22). The molecule has 1 aliphatic heterocycles. The van der Waals surface area contributed by atoms with Gasteiger partial charge in [0.05, 0.1) is 17.8 Å². The van der Waals surface area contributed by atoms with Gasteiger partial charge >= 0.3 is 6.03 Å². The van der Waals surface area contributed by atoms with Gasteiger partial charge in [-0.15, -0.1) is 0 Å². The van der Waals surface area contributed by atoms with Gasteiger partial charge in [0.1, 0.15) is 0 Å². The van der Waals surface area contributed by atoms with Crippen LogP contribution in [0.1, 0.15) is 17.7 Å². The Labute approximate surface area is 128 Å². The summed E-state index contributed by atoms with van der Waals surface area (Å²) in [5.74, 6) is 0. The van der Waals surface area contributed by atoms with Gasteiger partial charge in [0.25, 0.3) is 6.43 Å². The fourth-order valence-electron chi connectivity index (χ4n) is 2.36. The summed E-state index contributed by atoms with van der Waals surface area (Å²) < 4.78 is 26.9. The van der Waals surface area contributed by atoms with E-state index in [0.29, 0.717) is 6.54 Å². The Balaban J connectivity index is 1.69. The highest BCUT2D eigenvalue weighted by atomic mass is 19.3. The number of hydrogen-bond donors (Lipinski definition) is 3. The van der Waals surface area contributed by atoms with E-state index >= 15 is 0 Å². The summed E-state index contributed by atoms with van der Waals surface area (Å²) in [6, 6.07) is -0.374. The summed E-state index contributed by atoms with van der Waals surface area (Å²) in [6.07, 6.45) is -1.33. The van der Waals surface area contributed by atoms with Gasteiger partial charge < -0.3 is 16.0 Å². The highest BCUT2D eigenvalue weighted by Gasteiger charge is 2.17. The van der Waals surface area contributed by atoms with Crippen LogP contribution >= 0.6 is 0 Å². The van der Waals surface area contributed by atoms with Crippen molar-refractivity contribution in [2.24, 2.45) is 7.05 Å². The van der Waals surface area contributed by atoms with Crippen molar-refractivity contribution < 1.29 is 13.6 Å². The van der Waals surface area contributed by atoms with E-state index in [2.05, 4.69) is 25.9 Å². The predicted molar refractivity (Wildman–Crippen MR) is 77.7 cm³/mol. The number of aromatic nitrogens is 2. The minimum atomic E-state index is -2.60. The Bertz CT molecular complexity index is 487. The van der Waals surface area contributed by atoms with E-state index in [-0.39, 0.29) is 23.8 Å². The molecule has 2 amide bonds. The maximum Gasteiger partial charge on any atom is 0.315 e. The molecule has 0 spiro atoms. The van der Waals surface area contributed by atoms with Gasteiger partial charge in [-0.2, -0.15) is 5.10 Å². The van der Waals surface area contributed by atoms with Gasteiger partial charge in [-0.05, 0) is 0 Å². The molecule has 1 aromatic rings. The first-order chi connectivity index (χ1) is 10.6. The van der Waals surface area contributed by atoms with E-state index < -0.39 is 6.43 Å². The van der Waals surface area contributed by atoms with Crippen LogP contribution in [-0.4, -0.2) is 60.0 Å². The lowest BCUT2D eigenvalue weighted by molar-refractivity contribution is 0.150. The number of hydrogen-bond acceptors (Lipinski definition) is 4. The number of carbonyl (C=O) groups excluding carboxylic acids is 1. The first-order valence-corrected chi connectivity index (χ1v) is 7.31. The summed E-state index contributed by atoms with van der Waals surface area (Å²) in [4.78, 5) is 13.9. The van der Waals surface area contributed by atoms with E-state index in [1.807, 2.05) is 0 Å². The second-order valence-corrected chi connectivity index (χ2v) is 5.21. The topological polar surface area (TPSA) is 74.2 Å². The van der Waals surface area contributed by atoms with E-state index in [9.17, 15) is 13.6 Å². The molecule has 0 unspecified atom stereocenters. The van der Waals surface area contributed by atoms with Crippen molar-refractivity contribution in [2.45, 2.75) is 13.0 Å². The molecule has 0 bridgehead atoms. The molecule has 0 radical (unpaired) electrons. The molecule has 9 heteroatoms. The Morgan fingerprint density at radius 1 is 1.41 bits per heavy atom. The number of nitrogens with one attached hydrogen (secondary N) is 3. The van der Waals surface area contributed by atoms with Crippen molar-refractivity contribution in [1.29, 1.82) is 0 Å². The van der Waals surface area contributed by atoms with Crippen molar-refractivity contribution in [3.8, 4) is 0 Å². The molecule has 1 aromatic heterocycles. The van der Waals surface area contributed by atoms with Crippen LogP contribution in [0.25, 0.3) is 0 Å². The number of carbonyl (C=O) groups is 1. The van der Waals surface area contributed by atoms with Crippen molar-refractivity contribution in [2.75, 3.05) is 39.3 Å². The molecule has 3 N–H and O–H groups in total. The van der Waals surface area contributed by atoms with E-state index in [4.69, 9.17) is 0 Å². The summed E-state index contributed by atoms with van der Waals surface area (Å²) in [6.45, 7) is 5.14. The highest BCUT2D eigenvalue weighted by Crippen LogP contribution is 2.21. The average molecular weight is 316 g/mol. The third-order valence-electron chi connectivity index (χ3n) is 3.51. The lowest BCUT2D eigenvalue weighted by atomic mass is 10.2. The first kappa shape index (κ1) is 16.6. The quantitative estimate of drug-likeness (QED) is 0.694. The number of nitrogens with zero attached hydrogens (tertiary/aromatic N) is 3. The van der Waals surface area contributed by atoms with Crippen molar-refractivity contribution in [1.82, 2.24) is 30.6 Å². The Morgan fingerprint density at radius 2 is 2.14 bits per heavy atom. The monoisotopic (exact) mass is 316 g/mol. The van der Waals surface area contributed by atoms with E-state index in [1.165, 1.54) is 10.9 Å². The van der Waals surface area contributed by atoms with Gasteiger partial charge in [0, 0.05) is 52.5 Å². The maximum absolute atomic E-state index is 12.8. The molecule has 0 aromatic carbocycles. The van der Waals surface area contributed by atoms with Gasteiger partial charge in [0.15, 0.2) is 0 Å². The molecule has 0 aliphatic carbocycles. The molecule has 1 fully saturated rings. The third-order valence-corrected chi connectivity index (χ3v) is 3.51. The largest absolute Gasteiger partial charge is 0.337 e. The van der Waals surface area contributed by atoms with Gasteiger partial charge in [0.2, 0.25) is 0 Å². The molecule has 22 heavy (non-hydrogen) atoms. The van der Waals surface area contributed by atoms with Crippen LogP contribution in [0.3, 0.4) is 0 Å². The summed E-state index contributed by atoms with van der Waals surface area (Å²) in [7, 11) is 1.57. The summed E-state index contributed by atoms with van der Waals surface area (Å²) in [5, 5.41) is 12.5. The maximum atomic E-state index is 12.8. The summed E-state index contributed by atoms with van der Waals surface area (Å²) >= 11 is 0. The predicted octanol–water partition coefficient (Wildman–Crippen LogP) is 0.0621. The Kier molecular flexibility index (Phi) is 6.08. The van der Waals surface area contributed by atoms with Crippen LogP contribution in [0, 0.1) is 0 Å². The molecule has 0 atom stereocenters. The zero-order chi connectivity index (χ0) is 15.9. The van der Waals surface area contributed by atoms with Gasteiger partial charge in [-0.25, -0.2) is 13.6 Å². The van der Waals surface area contributed by atoms with Crippen LogP contribution < -0.4 is 16.0 Å². The molecule has 1 saturated heterocycles. The molecule has 7 nitrogen and oxygen atoms in total. The molecular formula is C13H22F2N6O. The minimum Gasteiger partial charge on any atom is -0.337 e. The number of urea groups is 1. The number of amides is 2. The van der Waals surface area contributed by atoms with E-state index in [0.717, 1.165) is 32.7 Å². The fourth-order valence-corrected chi connectivity index (χ4v) is 2.36. The zero-order valence-corrected chi connectivity index (χ0v) is 12.6.